The number of aromatic nitrogens is 2. The van der Waals surface area contributed by atoms with Crippen molar-refractivity contribution in [2.24, 2.45) is 5.73 Å². The van der Waals surface area contributed by atoms with Crippen molar-refractivity contribution < 1.29 is 14.3 Å². The van der Waals surface area contributed by atoms with Gasteiger partial charge in [0.25, 0.3) is 5.91 Å². The molecule has 0 bridgehead atoms. The third kappa shape index (κ3) is 2.65. The van der Waals surface area contributed by atoms with Crippen LogP contribution in [0.5, 0.6) is 0 Å². The van der Waals surface area contributed by atoms with Gasteiger partial charge in [-0.2, -0.15) is 0 Å². The highest BCUT2D eigenvalue weighted by Gasteiger charge is 2.18. The highest BCUT2D eigenvalue weighted by atomic mass is 79.9. The summed E-state index contributed by atoms with van der Waals surface area (Å²) in [7, 11) is 1.24. The van der Waals surface area contributed by atoms with Crippen LogP contribution in [0.1, 0.15) is 21.1 Å². The minimum atomic E-state index is -0.727. The van der Waals surface area contributed by atoms with Crippen molar-refractivity contribution in [1.29, 1.82) is 0 Å². The van der Waals surface area contributed by atoms with E-state index in [9.17, 15) is 9.59 Å². The number of ether oxygens (including phenoxy) is 1. The number of esters is 1. The van der Waals surface area contributed by atoms with Gasteiger partial charge in [-0.1, -0.05) is 22.0 Å². The molecule has 0 fully saturated rings. The normalized spacial score (nSPS) is 10.2. The zero-order chi connectivity index (χ0) is 14.0. The predicted octanol–water partition coefficient (Wildman–Crippen LogP) is 1.52. The Labute approximate surface area is 117 Å². The lowest BCUT2D eigenvalue weighted by Gasteiger charge is -2.05. The summed E-state index contributed by atoms with van der Waals surface area (Å²) in [5.74, 6) is -1.38. The number of rotatable bonds is 3. The maximum atomic E-state index is 11.4. The van der Waals surface area contributed by atoms with Gasteiger partial charge in [0.1, 0.15) is 0 Å². The molecule has 0 unspecified atom stereocenters. The first-order valence-corrected chi connectivity index (χ1v) is 6.05. The smallest absolute Gasteiger partial charge is 0.358 e. The molecule has 0 atom stereocenters. The van der Waals surface area contributed by atoms with E-state index in [1.54, 1.807) is 18.2 Å². The van der Waals surface area contributed by atoms with Crippen LogP contribution in [0.4, 0.5) is 0 Å². The lowest BCUT2D eigenvalue weighted by atomic mass is 10.3. The molecule has 0 aliphatic rings. The van der Waals surface area contributed by atoms with Crippen LogP contribution in [0.3, 0.4) is 0 Å². The molecule has 2 rings (SSSR count). The summed E-state index contributed by atoms with van der Waals surface area (Å²) in [6, 6.07) is 7.17. The van der Waals surface area contributed by atoms with Gasteiger partial charge in [-0.25, -0.2) is 9.78 Å². The summed E-state index contributed by atoms with van der Waals surface area (Å²) in [5, 5.41) is 0. The number of halogens is 1. The average molecular weight is 324 g/mol. The van der Waals surface area contributed by atoms with Crippen LogP contribution in [0.25, 0.3) is 5.69 Å². The fraction of sp³-hybridized carbons (Fsp3) is 0.0833. The van der Waals surface area contributed by atoms with E-state index in [0.717, 1.165) is 4.47 Å². The zero-order valence-corrected chi connectivity index (χ0v) is 11.5. The molecule has 0 aliphatic heterocycles. The van der Waals surface area contributed by atoms with E-state index in [1.165, 1.54) is 17.9 Å². The summed E-state index contributed by atoms with van der Waals surface area (Å²) in [6.45, 7) is 0. The van der Waals surface area contributed by atoms with Gasteiger partial charge in [0.05, 0.1) is 7.11 Å². The molecule has 0 saturated carbocycles. The van der Waals surface area contributed by atoms with E-state index in [1.807, 2.05) is 6.07 Å². The quantitative estimate of drug-likeness (QED) is 0.867. The Bertz CT molecular complexity index is 651. The summed E-state index contributed by atoms with van der Waals surface area (Å²) < 4.78 is 6.84. The number of carbonyl (C=O) groups excluding carboxylic acids is 2. The second-order valence-corrected chi connectivity index (χ2v) is 4.57. The van der Waals surface area contributed by atoms with E-state index in [2.05, 4.69) is 25.7 Å². The van der Waals surface area contributed by atoms with Crippen molar-refractivity contribution in [3.63, 3.8) is 0 Å². The van der Waals surface area contributed by atoms with E-state index >= 15 is 0 Å². The third-order valence-corrected chi connectivity index (χ3v) is 2.90. The van der Waals surface area contributed by atoms with Gasteiger partial charge >= 0.3 is 5.97 Å². The third-order valence-electron chi connectivity index (χ3n) is 2.41. The van der Waals surface area contributed by atoms with Crippen LogP contribution in [0, 0.1) is 0 Å². The molecule has 2 aromatic rings. The molecule has 2 N–H and O–H groups in total. The van der Waals surface area contributed by atoms with Crippen molar-refractivity contribution in [3.05, 3.63) is 46.5 Å². The summed E-state index contributed by atoms with van der Waals surface area (Å²) in [5.41, 5.74) is 5.94. The number of carbonyl (C=O) groups is 2. The molecule has 1 heterocycles. The Hall–Kier alpha value is -2.15. The van der Waals surface area contributed by atoms with E-state index < -0.39 is 11.9 Å². The molecule has 1 aromatic carbocycles. The fourth-order valence-electron chi connectivity index (χ4n) is 1.58. The number of methoxy groups -OCH3 is 1. The Morgan fingerprint density at radius 2 is 2.16 bits per heavy atom. The zero-order valence-electron chi connectivity index (χ0n) is 9.96. The van der Waals surface area contributed by atoms with Crippen LogP contribution in [-0.4, -0.2) is 28.5 Å². The number of nitrogens with two attached hydrogens (primary N) is 1. The lowest BCUT2D eigenvalue weighted by molar-refractivity contribution is 0.0594. The van der Waals surface area contributed by atoms with Crippen LogP contribution in [0.2, 0.25) is 0 Å². The first kappa shape index (κ1) is 13.3. The highest BCUT2D eigenvalue weighted by molar-refractivity contribution is 9.10. The minimum absolute atomic E-state index is 0.0243. The SMILES string of the molecule is COC(=O)c1cn(-c2cccc(Br)c2)c(C(N)=O)n1. The summed E-state index contributed by atoms with van der Waals surface area (Å²) in [4.78, 5) is 26.7. The number of hydrogen-bond donors (Lipinski definition) is 1. The fourth-order valence-corrected chi connectivity index (χ4v) is 1.97. The molecule has 0 aliphatic carbocycles. The molecule has 7 heteroatoms. The molecule has 1 amide bonds. The second kappa shape index (κ2) is 5.23. The molecule has 0 saturated heterocycles. The van der Waals surface area contributed by atoms with Crippen LogP contribution in [-0.2, 0) is 4.74 Å². The van der Waals surface area contributed by atoms with Crippen molar-refractivity contribution in [2.75, 3.05) is 7.11 Å². The molecule has 0 radical (unpaired) electrons. The molecular formula is C12H10BrN3O3. The van der Waals surface area contributed by atoms with Gasteiger partial charge in [-0.15, -0.1) is 0 Å². The van der Waals surface area contributed by atoms with Crippen molar-refractivity contribution in [2.45, 2.75) is 0 Å². The predicted molar refractivity (Wildman–Crippen MR) is 71.1 cm³/mol. The maximum Gasteiger partial charge on any atom is 0.358 e. The number of hydrogen-bond acceptors (Lipinski definition) is 4. The van der Waals surface area contributed by atoms with Crippen LogP contribution < -0.4 is 5.73 Å². The topological polar surface area (TPSA) is 87.2 Å². The second-order valence-electron chi connectivity index (χ2n) is 3.66. The number of benzene rings is 1. The summed E-state index contributed by atoms with van der Waals surface area (Å²) >= 11 is 3.33. The Morgan fingerprint density at radius 3 is 2.74 bits per heavy atom. The lowest BCUT2D eigenvalue weighted by Crippen LogP contribution is -2.17. The standard InChI is InChI=1S/C12H10BrN3O3/c1-19-12(18)9-6-16(11(15-9)10(14)17)8-4-2-3-7(13)5-8/h2-6H,1H3,(H2,14,17). The average Bonchev–Trinajstić information content (AvgIpc) is 2.83. The number of imidazole rings is 1. The van der Waals surface area contributed by atoms with Gasteiger partial charge < -0.3 is 10.5 Å². The van der Waals surface area contributed by atoms with Crippen molar-refractivity contribution in [3.8, 4) is 5.69 Å². The number of amides is 1. The van der Waals surface area contributed by atoms with E-state index in [4.69, 9.17) is 5.73 Å². The van der Waals surface area contributed by atoms with Gasteiger partial charge in [-0.05, 0) is 18.2 Å². The Kier molecular flexibility index (Phi) is 3.66. The highest BCUT2D eigenvalue weighted by Crippen LogP contribution is 2.18. The summed E-state index contributed by atoms with van der Waals surface area (Å²) in [6.07, 6.45) is 1.41. The first-order chi connectivity index (χ1) is 9.02. The van der Waals surface area contributed by atoms with E-state index in [-0.39, 0.29) is 11.5 Å². The van der Waals surface area contributed by atoms with Crippen molar-refractivity contribution in [1.82, 2.24) is 9.55 Å². The first-order valence-electron chi connectivity index (χ1n) is 5.26. The molecular weight excluding hydrogens is 314 g/mol. The Morgan fingerprint density at radius 1 is 1.42 bits per heavy atom. The largest absolute Gasteiger partial charge is 0.464 e. The van der Waals surface area contributed by atoms with Crippen LogP contribution in [0.15, 0.2) is 34.9 Å². The number of primary amides is 1. The van der Waals surface area contributed by atoms with Crippen LogP contribution >= 0.6 is 15.9 Å². The molecule has 19 heavy (non-hydrogen) atoms. The van der Waals surface area contributed by atoms with E-state index in [0.29, 0.717) is 5.69 Å². The van der Waals surface area contributed by atoms with Gasteiger partial charge in [0, 0.05) is 16.4 Å². The number of nitrogens with zero attached hydrogens (tertiary/aromatic N) is 2. The van der Waals surface area contributed by atoms with Gasteiger partial charge in [0.2, 0.25) is 5.82 Å². The molecule has 0 spiro atoms. The molecule has 1 aromatic heterocycles. The Balaban J connectivity index is 2.58. The minimum Gasteiger partial charge on any atom is -0.464 e. The van der Waals surface area contributed by atoms with Crippen molar-refractivity contribution >= 4 is 27.8 Å². The molecule has 98 valence electrons. The molecule has 6 nitrogen and oxygen atoms in total. The maximum absolute atomic E-state index is 11.4. The van der Waals surface area contributed by atoms with Gasteiger partial charge in [0.15, 0.2) is 5.69 Å². The monoisotopic (exact) mass is 323 g/mol. The van der Waals surface area contributed by atoms with Gasteiger partial charge in [-0.3, -0.25) is 9.36 Å².